The van der Waals surface area contributed by atoms with Crippen LogP contribution in [0.15, 0.2) is 59.9 Å². The van der Waals surface area contributed by atoms with E-state index in [1.54, 1.807) is 36.5 Å². The first kappa shape index (κ1) is 18.6. The van der Waals surface area contributed by atoms with Gasteiger partial charge in [-0.25, -0.2) is 15.0 Å². The molecule has 0 aromatic carbocycles. The summed E-state index contributed by atoms with van der Waals surface area (Å²) in [5.41, 5.74) is -0.0756. The quantitative estimate of drug-likeness (QED) is 0.716. The molecule has 29 heavy (non-hydrogen) atoms. The van der Waals surface area contributed by atoms with Crippen molar-refractivity contribution in [3.05, 3.63) is 71.0 Å². The number of nitrogens with zero attached hydrogens (tertiary/aromatic N) is 6. The molecule has 1 saturated heterocycles. The van der Waals surface area contributed by atoms with Crippen LogP contribution in [0.1, 0.15) is 10.4 Å². The Balaban J connectivity index is 1.42. The van der Waals surface area contributed by atoms with E-state index in [4.69, 9.17) is 0 Å². The Hall–Kier alpha value is -3.75. The lowest BCUT2D eigenvalue weighted by molar-refractivity contribution is 0.0744. The summed E-state index contributed by atoms with van der Waals surface area (Å²) in [6.07, 6.45) is 4.86. The summed E-state index contributed by atoms with van der Waals surface area (Å²) in [6.45, 7) is 2.28. The van der Waals surface area contributed by atoms with E-state index >= 15 is 0 Å². The molecular weight excluding hydrogens is 370 g/mol. The summed E-state index contributed by atoms with van der Waals surface area (Å²) in [6, 6.07) is 10.8. The van der Waals surface area contributed by atoms with Crippen LogP contribution in [0.4, 0.5) is 17.5 Å². The molecule has 1 fully saturated rings. The molecule has 1 aliphatic rings. The van der Waals surface area contributed by atoms with Crippen molar-refractivity contribution in [1.29, 1.82) is 0 Å². The number of rotatable bonds is 4. The second-order valence-electron chi connectivity index (χ2n) is 6.72. The minimum Gasteiger partial charge on any atom is -0.353 e. The molecule has 1 aliphatic heterocycles. The van der Waals surface area contributed by atoms with Gasteiger partial charge in [-0.15, -0.1) is 0 Å². The highest BCUT2D eigenvalue weighted by molar-refractivity contribution is 5.94. The molecule has 9 heteroatoms. The van der Waals surface area contributed by atoms with Crippen LogP contribution >= 0.6 is 0 Å². The van der Waals surface area contributed by atoms with Crippen molar-refractivity contribution in [2.24, 2.45) is 7.05 Å². The van der Waals surface area contributed by atoms with Crippen LogP contribution in [0, 0.1) is 0 Å². The number of hydrogen-bond donors (Lipinski definition) is 1. The number of piperazine rings is 1. The van der Waals surface area contributed by atoms with E-state index in [0.717, 1.165) is 5.82 Å². The van der Waals surface area contributed by atoms with Crippen molar-refractivity contribution >= 4 is 23.4 Å². The monoisotopic (exact) mass is 391 g/mol. The molecule has 0 aliphatic carbocycles. The zero-order chi connectivity index (χ0) is 20.2. The van der Waals surface area contributed by atoms with E-state index < -0.39 is 0 Å². The second kappa shape index (κ2) is 8.09. The number of amides is 1. The van der Waals surface area contributed by atoms with E-state index in [2.05, 4.69) is 25.2 Å². The standard InChI is InChI=1S/C20H21N7O2/c1-25-8-4-5-15(19(25)28)20(29)27-11-9-26(10-12-27)18-13-17(22-14-23-18)24-16-6-2-3-7-21-16/h2-8,13-14H,9-12H2,1H3,(H,21,22,23,24). The van der Waals surface area contributed by atoms with E-state index in [-0.39, 0.29) is 17.0 Å². The lowest BCUT2D eigenvalue weighted by atomic mass is 10.2. The summed E-state index contributed by atoms with van der Waals surface area (Å²) >= 11 is 0. The molecule has 1 N–H and O–H groups in total. The number of hydrogen-bond acceptors (Lipinski definition) is 7. The summed E-state index contributed by atoms with van der Waals surface area (Å²) in [4.78, 5) is 41.6. The van der Waals surface area contributed by atoms with Crippen LogP contribution in [0.25, 0.3) is 0 Å². The number of anilines is 3. The molecule has 3 aromatic rings. The lowest BCUT2D eigenvalue weighted by Crippen LogP contribution is -2.50. The van der Waals surface area contributed by atoms with Crippen molar-refractivity contribution in [1.82, 2.24) is 24.4 Å². The van der Waals surface area contributed by atoms with E-state index in [1.807, 2.05) is 24.3 Å². The molecule has 0 unspecified atom stereocenters. The highest BCUT2D eigenvalue weighted by Gasteiger charge is 2.24. The fourth-order valence-electron chi connectivity index (χ4n) is 3.23. The zero-order valence-electron chi connectivity index (χ0n) is 16.0. The molecule has 0 saturated carbocycles. The number of aryl methyl sites for hydroxylation is 1. The van der Waals surface area contributed by atoms with E-state index in [0.29, 0.717) is 37.8 Å². The van der Waals surface area contributed by atoms with Gasteiger partial charge in [0.15, 0.2) is 0 Å². The molecule has 9 nitrogen and oxygen atoms in total. The van der Waals surface area contributed by atoms with Gasteiger partial charge in [0.05, 0.1) is 0 Å². The Labute approximate surface area is 167 Å². The number of carbonyl (C=O) groups excluding carboxylic acids is 1. The Kier molecular flexibility index (Phi) is 5.19. The molecule has 0 atom stereocenters. The van der Waals surface area contributed by atoms with Gasteiger partial charge in [-0.3, -0.25) is 9.59 Å². The molecule has 3 aromatic heterocycles. The molecule has 0 radical (unpaired) electrons. The average molecular weight is 391 g/mol. The largest absolute Gasteiger partial charge is 0.353 e. The van der Waals surface area contributed by atoms with Crippen LogP contribution in [0.3, 0.4) is 0 Å². The van der Waals surface area contributed by atoms with Gasteiger partial charge in [-0.2, -0.15) is 0 Å². The van der Waals surface area contributed by atoms with Gasteiger partial charge in [0.1, 0.15) is 29.3 Å². The van der Waals surface area contributed by atoms with E-state index in [1.165, 1.54) is 10.9 Å². The summed E-state index contributed by atoms with van der Waals surface area (Å²) in [7, 11) is 1.64. The van der Waals surface area contributed by atoms with Crippen LogP contribution in [-0.4, -0.2) is 56.5 Å². The Morgan fingerprint density at radius 2 is 1.83 bits per heavy atom. The summed E-state index contributed by atoms with van der Waals surface area (Å²) in [5, 5.41) is 3.15. The SMILES string of the molecule is Cn1cccc(C(=O)N2CCN(c3cc(Nc4ccccn4)ncn3)CC2)c1=O. The number of nitrogens with one attached hydrogen (secondary N) is 1. The number of carbonyl (C=O) groups is 1. The minimum absolute atomic E-state index is 0.201. The maximum absolute atomic E-state index is 12.7. The average Bonchev–Trinajstić information content (AvgIpc) is 2.76. The summed E-state index contributed by atoms with van der Waals surface area (Å²) < 4.78 is 1.42. The van der Waals surface area contributed by atoms with Gasteiger partial charge in [0.25, 0.3) is 11.5 Å². The second-order valence-corrected chi connectivity index (χ2v) is 6.72. The molecule has 4 rings (SSSR count). The smallest absolute Gasteiger partial charge is 0.263 e. The maximum Gasteiger partial charge on any atom is 0.263 e. The molecular formula is C20H21N7O2. The van der Waals surface area contributed by atoms with Crippen LogP contribution in [0.2, 0.25) is 0 Å². The minimum atomic E-state index is -0.277. The highest BCUT2D eigenvalue weighted by atomic mass is 16.2. The third kappa shape index (κ3) is 4.08. The zero-order valence-corrected chi connectivity index (χ0v) is 16.0. The highest BCUT2D eigenvalue weighted by Crippen LogP contribution is 2.19. The van der Waals surface area contributed by atoms with E-state index in [9.17, 15) is 9.59 Å². The molecule has 148 valence electrons. The van der Waals surface area contributed by atoms with Gasteiger partial charge < -0.3 is 19.7 Å². The van der Waals surface area contributed by atoms with Gasteiger partial charge in [-0.1, -0.05) is 6.07 Å². The van der Waals surface area contributed by atoms with Crippen LogP contribution in [-0.2, 0) is 7.05 Å². The van der Waals surface area contributed by atoms with Crippen molar-refractivity contribution in [2.75, 3.05) is 36.4 Å². The van der Waals surface area contributed by atoms with Crippen LogP contribution in [0.5, 0.6) is 0 Å². The Morgan fingerprint density at radius 3 is 2.59 bits per heavy atom. The molecule has 0 spiro atoms. The van der Waals surface area contributed by atoms with Gasteiger partial charge >= 0.3 is 0 Å². The van der Waals surface area contributed by atoms with Gasteiger partial charge in [0.2, 0.25) is 0 Å². The van der Waals surface area contributed by atoms with Gasteiger partial charge in [0, 0.05) is 51.7 Å². The number of pyridine rings is 2. The van der Waals surface area contributed by atoms with Crippen LogP contribution < -0.4 is 15.8 Å². The summed E-state index contributed by atoms with van der Waals surface area (Å²) in [5.74, 6) is 1.91. The Morgan fingerprint density at radius 1 is 1.00 bits per heavy atom. The van der Waals surface area contributed by atoms with Crippen molar-refractivity contribution in [3.63, 3.8) is 0 Å². The van der Waals surface area contributed by atoms with Crippen molar-refractivity contribution < 1.29 is 4.79 Å². The maximum atomic E-state index is 12.7. The first-order valence-corrected chi connectivity index (χ1v) is 9.32. The molecule has 0 bridgehead atoms. The van der Waals surface area contributed by atoms with Gasteiger partial charge in [-0.05, 0) is 24.3 Å². The molecule has 1 amide bonds. The third-order valence-electron chi connectivity index (χ3n) is 4.82. The fraction of sp³-hybridized carbons (Fsp3) is 0.250. The topological polar surface area (TPSA) is 96.2 Å². The predicted octanol–water partition coefficient (Wildman–Crippen LogP) is 1.28. The van der Waals surface area contributed by atoms with Crippen molar-refractivity contribution in [2.45, 2.75) is 0 Å². The fourth-order valence-corrected chi connectivity index (χ4v) is 3.23. The first-order chi connectivity index (χ1) is 14.1. The first-order valence-electron chi connectivity index (χ1n) is 9.32. The predicted molar refractivity (Wildman–Crippen MR) is 109 cm³/mol. The third-order valence-corrected chi connectivity index (χ3v) is 4.82. The number of aromatic nitrogens is 4. The van der Waals surface area contributed by atoms with Crippen molar-refractivity contribution in [3.8, 4) is 0 Å². The normalized spacial score (nSPS) is 14.0. The Bertz CT molecular complexity index is 1060. The molecule has 4 heterocycles. The lowest BCUT2D eigenvalue weighted by Gasteiger charge is -2.35.